The molecule has 0 rings (SSSR count). The molecule has 0 fully saturated rings. The molecule has 0 aliphatic carbocycles. The van der Waals surface area contributed by atoms with Crippen LogP contribution in [0, 0.1) is 0 Å². The van der Waals surface area contributed by atoms with Gasteiger partial charge in [-0.15, -0.1) is 0 Å². The van der Waals surface area contributed by atoms with Crippen LogP contribution in [0.4, 0.5) is 0 Å². The summed E-state index contributed by atoms with van der Waals surface area (Å²) in [6.45, 7) is 15.0. The van der Waals surface area contributed by atoms with Gasteiger partial charge in [0.2, 0.25) is 0 Å². The van der Waals surface area contributed by atoms with Crippen LogP contribution in [0.1, 0.15) is 60.8 Å². The molecular formula is C14H32NO+. The Hall–Kier alpha value is -0.0800. The summed E-state index contributed by atoms with van der Waals surface area (Å²) in [5, 5.41) is 9.42. The van der Waals surface area contributed by atoms with Gasteiger partial charge in [0, 0.05) is 0 Å². The van der Waals surface area contributed by atoms with Crippen molar-refractivity contribution >= 4 is 0 Å². The molecule has 0 aliphatic rings. The first kappa shape index (κ1) is 15.9. The van der Waals surface area contributed by atoms with Crippen molar-refractivity contribution in [1.82, 2.24) is 0 Å². The Bertz CT molecular complexity index is 155. The van der Waals surface area contributed by atoms with Crippen LogP contribution in [0.5, 0.6) is 0 Å². The van der Waals surface area contributed by atoms with Crippen molar-refractivity contribution in [2.75, 3.05) is 13.2 Å². The topological polar surface area (TPSA) is 20.2 Å². The monoisotopic (exact) mass is 230 g/mol. The highest BCUT2D eigenvalue weighted by atomic mass is 16.3. The Morgan fingerprint density at radius 3 is 1.31 bits per heavy atom. The zero-order valence-electron chi connectivity index (χ0n) is 12.2. The number of aliphatic hydroxyl groups excluding tert-OH is 1. The third-order valence-electron chi connectivity index (χ3n) is 4.72. The maximum absolute atomic E-state index is 9.42. The van der Waals surface area contributed by atoms with Crippen molar-refractivity contribution in [3.63, 3.8) is 0 Å². The van der Waals surface area contributed by atoms with Gasteiger partial charge in [0.1, 0.15) is 6.54 Å². The molecule has 0 spiro atoms. The molecule has 0 saturated heterocycles. The van der Waals surface area contributed by atoms with Gasteiger partial charge in [0.25, 0.3) is 0 Å². The Kier molecular flexibility index (Phi) is 7.25. The van der Waals surface area contributed by atoms with Gasteiger partial charge in [0.05, 0.1) is 24.7 Å². The first-order chi connectivity index (χ1) is 7.50. The summed E-state index contributed by atoms with van der Waals surface area (Å²) >= 11 is 0. The van der Waals surface area contributed by atoms with E-state index in [1.807, 2.05) is 0 Å². The number of rotatable bonds is 8. The van der Waals surface area contributed by atoms with Crippen molar-refractivity contribution in [2.45, 2.75) is 78.9 Å². The van der Waals surface area contributed by atoms with Crippen molar-refractivity contribution < 1.29 is 9.59 Å². The molecule has 0 heterocycles. The van der Waals surface area contributed by atoms with E-state index in [1.165, 1.54) is 19.3 Å². The van der Waals surface area contributed by atoms with Crippen LogP contribution in [-0.4, -0.2) is 40.9 Å². The fraction of sp³-hybridized carbons (Fsp3) is 1.00. The lowest BCUT2D eigenvalue weighted by atomic mass is 9.98. The Morgan fingerprint density at radius 1 is 0.812 bits per heavy atom. The minimum absolute atomic E-state index is 0.305. The first-order valence-electron chi connectivity index (χ1n) is 6.99. The summed E-state index contributed by atoms with van der Waals surface area (Å²) in [7, 11) is 0. The van der Waals surface area contributed by atoms with Gasteiger partial charge < -0.3 is 9.59 Å². The Morgan fingerprint density at radius 2 is 1.12 bits per heavy atom. The van der Waals surface area contributed by atoms with Crippen molar-refractivity contribution in [1.29, 1.82) is 0 Å². The molecule has 0 bridgehead atoms. The van der Waals surface area contributed by atoms with Crippen molar-refractivity contribution in [2.24, 2.45) is 0 Å². The molecule has 0 amide bonds. The molecule has 0 aliphatic heterocycles. The summed E-state index contributed by atoms with van der Waals surface area (Å²) < 4.78 is 1.08. The quantitative estimate of drug-likeness (QED) is 0.635. The number of nitrogens with zero attached hydrogens (tertiary/aromatic N) is 1. The minimum Gasteiger partial charge on any atom is -0.391 e. The van der Waals surface area contributed by atoms with E-state index < -0.39 is 0 Å². The molecule has 2 heteroatoms. The van der Waals surface area contributed by atoms with E-state index in [9.17, 15) is 5.11 Å². The zero-order valence-corrected chi connectivity index (χ0v) is 12.2. The average molecular weight is 230 g/mol. The lowest BCUT2D eigenvalue weighted by Crippen LogP contribution is -2.65. The molecular weight excluding hydrogens is 198 g/mol. The normalized spacial score (nSPS) is 21.2. The van der Waals surface area contributed by atoms with E-state index in [0.29, 0.717) is 24.7 Å². The van der Waals surface area contributed by atoms with Crippen LogP contribution in [-0.2, 0) is 0 Å². The number of aliphatic hydroxyl groups is 1. The third kappa shape index (κ3) is 2.98. The van der Waals surface area contributed by atoms with E-state index in [4.69, 9.17) is 0 Å². The van der Waals surface area contributed by atoms with Crippen LogP contribution in [0.25, 0.3) is 0 Å². The molecule has 0 aromatic rings. The molecule has 3 atom stereocenters. The third-order valence-corrected chi connectivity index (χ3v) is 4.72. The molecule has 3 unspecified atom stereocenters. The Balaban J connectivity index is 5.19. The second-order valence-corrected chi connectivity index (χ2v) is 5.21. The van der Waals surface area contributed by atoms with Gasteiger partial charge in [-0.1, -0.05) is 20.8 Å². The fourth-order valence-corrected chi connectivity index (χ4v) is 3.16. The molecule has 0 aromatic heterocycles. The van der Waals surface area contributed by atoms with Gasteiger partial charge in [-0.2, -0.15) is 0 Å². The molecule has 16 heavy (non-hydrogen) atoms. The molecule has 0 radical (unpaired) electrons. The standard InChI is InChI=1S/C14H32NO/c1-7-12(4)15(10-11-16,13(5)8-2)14(6)9-3/h12-14,16H,7-11H2,1-6H3/q+1. The predicted octanol–water partition coefficient (Wildman–Crippen LogP) is 3.19. The smallest absolute Gasteiger partial charge is 0.103 e. The van der Waals surface area contributed by atoms with Gasteiger partial charge in [0.15, 0.2) is 0 Å². The number of hydrogen-bond donors (Lipinski definition) is 1. The highest BCUT2D eigenvalue weighted by Crippen LogP contribution is 2.29. The lowest BCUT2D eigenvalue weighted by molar-refractivity contribution is -0.990. The maximum atomic E-state index is 9.42. The summed E-state index contributed by atoms with van der Waals surface area (Å²) in [4.78, 5) is 0. The summed E-state index contributed by atoms with van der Waals surface area (Å²) in [5.74, 6) is 0. The fourth-order valence-electron chi connectivity index (χ4n) is 3.16. The van der Waals surface area contributed by atoms with Gasteiger partial charge in [-0.05, 0) is 40.0 Å². The molecule has 98 valence electrons. The second kappa shape index (κ2) is 7.29. The Labute approximate surface area is 102 Å². The molecule has 0 saturated carbocycles. The van der Waals surface area contributed by atoms with E-state index in [1.54, 1.807) is 0 Å². The number of hydrogen-bond acceptors (Lipinski definition) is 1. The minimum atomic E-state index is 0.305. The lowest BCUT2D eigenvalue weighted by Gasteiger charge is -2.51. The summed E-state index contributed by atoms with van der Waals surface area (Å²) in [6.07, 6.45) is 3.57. The van der Waals surface area contributed by atoms with E-state index >= 15 is 0 Å². The van der Waals surface area contributed by atoms with Crippen molar-refractivity contribution in [3.05, 3.63) is 0 Å². The van der Waals surface area contributed by atoms with E-state index in [0.717, 1.165) is 11.0 Å². The van der Waals surface area contributed by atoms with Gasteiger partial charge in [-0.25, -0.2) is 0 Å². The average Bonchev–Trinajstić information content (AvgIpc) is 2.32. The molecule has 0 aromatic carbocycles. The van der Waals surface area contributed by atoms with Crippen LogP contribution in [0.2, 0.25) is 0 Å². The highest BCUT2D eigenvalue weighted by molar-refractivity contribution is 4.65. The van der Waals surface area contributed by atoms with Crippen LogP contribution in [0.3, 0.4) is 0 Å². The predicted molar refractivity (Wildman–Crippen MR) is 71.5 cm³/mol. The zero-order chi connectivity index (χ0) is 12.8. The summed E-state index contributed by atoms with van der Waals surface area (Å²) in [5.41, 5.74) is 0. The van der Waals surface area contributed by atoms with Crippen LogP contribution in [0.15, 0.2) is 0 Å². The first-order valence-corrected chi connectivity index (χ1v) is 6.99. The van der Waals surface area contributed by atoms with Crippen LogP contribution < -0.4 is 0 Å². The van der Waals surface area contributed by atoms with Gasteiger partial charge >= 0.3 is 0 Å². The van der Waals surface area contributed by atoms with E-state index in [2.05, 4.69) is 41.5 Å². The van der Waals surface area contributed by atoms with E-state index in [-0.39, 0.29) is 0 Å². The highest BCUT2D eigenvalue weighted by Gasteiger charge is 2.41. The van der Waals surface area contributed by atoms with Gasteiger partial charge in [-0.3, -0.25) is 0 Å². The number of quaternary nitrogens is 1. The largest absolute Gasteiger partial charge is 0.391 e. The van der Waals surface area contributed by atoms with Crippen molar-refractivity contribution in [3.8, 4) is 0 Å². The molecule has 1 N–H and O–H groups in total. The SMILES string of the molecule is CCC(C)[N+](CCO)(C(C)CC)C(C)CC. The maximum Gasteiger partial charge on any atom is 0.103 e. The molecule has 2 nitrogen and oxygen atoms in total. The summed E-state index contributed by atoms with van der Waals surface area (Å²) in [6, 6.07) is 1.91. The van der Waals surface area contributed by atoms with Crippen LogP contribution >= 0.6 is 0 Å². The second-order valence-electron chi connectivity index (χ2n) is 5.21.